The largest absolute Gasteiger partial charge is 0.494 e. The summed E-state index contributed by atoms with van der Waals surface area (Å²) in [6.45, 7) is 1.88. The minimum Gasteiger partial charge on any atom is -0.494 e. The SMILES string of the molecule is O=C(Nc1ccc(-n2c(O)c3ccc(NN4CCCC4)cc3cc2=O)nc1)NS(=O)(=O)c1ccc(F)s1. The minimum atomic E-state index is -4.24. The highest BCUT2D eigenvalue weighted by Crippen LogP contribution is 2.28. The van der Waals surface area contributed by atoms with Crippen LogP contribution in [0.2, 0.25) is 0 Å². The topological polar surface area (TPSA) is 146 Å². The van der Waals surface area contributed by atoms with Crippen molar-refractivity contribution in [3.8, 4) is 11.7 Å². The number of anilines is 2. The van der Waals surface area contributed by atoms with Gasteiger partial charge in [-0.3, -0.25) is 4.79 Å². The number of fused-ring (bicyclic) bond motifs is 1. The number of nitrogens with one attached hydrogen (secondary N) is 3. The Bertz CT molecular complexity index is 1650. The Labute approximate surface area is 214 Å². The van der Waals surface area contributed by atoms with E-state index in [4.69, 9.17) is 0 Å². The van der Waals surface area contributed by atoms with Crippen molar-refractivity contribution in [3.05, 3.63) is 70.2 Å². The van der Waals surface area contributed by atoms with Crippen LogP contribution < -0.4 is 21.0 Å². The molecule has 1 aliphatic rings. The third-order valence-electron chi connectivity index (χ3n) is 5.67. The summed E-state index contributed by atoms with van der Waals surface area (Å²) >= 11 is 0.382. The van der Waals surface area contributed by atoms with E-state index in [2.05, 4.69) is 20.7 Å². The average molecular weight is 545 g/mol. The summed E-state index contributed by atoms with van der Waals surface area (Å²) in [6, 6.07) is 10.4. The molecule has 0 unspecified atom stereocenters. The van der Waals surface area contributed by atoms with Gasteiger partial charge in [0.2, 0.25) is 5.88 Å². The Kier molecular flexibility index (Phi) is 6.54. The number of benzene rings is 1. The predicted octanol–water partition coefficient (Wildman–Crippen LogP) is 3.23. The van der Waals surface area contributed by atoms with Crippen molar-refractivity contribution < 1.29 is 22.7 Å². The Morgan fingerprint density at radius 3 is 2.49 bits per heavy atom. The molecule has 11 nitrogen and oxygen atoms in total. The molecule has 0 bridgehead atoms. The molecule has 37 heavy (non-hydrogen) atoms. The van der Waals surface area contributed by atoms with Gasteiger partial charge in [-0.05, 0) is 60.7 Å². The van der Waals surface area contributed by atoms with Crippen LogP contribution in [0.4, 0.5) is 20.6 Å². The van der Waals surface area contributed by atoms with Crippen LogP contribution >= 0.6 is 11.3 Å². The first-order valence-electron chi connectivity index (χ1n) is 11.2. The van der Waals surface area contributed by atoms with E-state index >= 15 is 0 Å². The Morgan fingerprint density at radius 1 is 1.05 bits per heavy atom. The van der Waals surface area contributed by atoms with Crippen molar-refractivity contribution in [1.82, 2.24) is 19.3 Å². The molecule has 4 aromatic rings. The number of urea groups is 1. The molecular weight excluding hydrogens is 523 g/mol. The number of halogens is 1. The zero-order valence-corrected chi connectivity index (χ0v) is 20.8. The number of carbonyl (C=O) groups excluding carboxylic acids is 1. The number of rotatable bonds is 6. The van der Waals surface area contributed by atoms with Gasteiger partial charge in [0.05, 0.1) is 11.9 Å². The molecule has 1 aliphatic heterocycles. The maximum Gasteiger partial charge on any atom is 0.333 e. The van der Waals surface area contributed by atoms with Crippen molar-refractivity contribution in [2.75, 3.05) is 23.8 Å². The lowest BCUT2D eigenvalue weighted by Crippen LogP contribution is -2.34. The van der Waals surface area contributed by atoms with Crippen molar-refractivity contribution in [2.45, 2.75) is 17.1 Å². The molecule has 192 valence electrons. The van der Waals surface area contributed by atoms with E-state index in [0.29, 0.717) is 22.1 Å². The molecule has 1 fully saturated rings. The van der Waals surface area contributed by atoms with E-state index in [0.717, 1.165) is 48.3 Å². The summed E-state index contributed by atoms with van der Waals surface area (Å²) in [5.41, 5.74) is 3.72. The first-order valence-corrected chi connectivity index (χ1v) is 13.5. The summed E-state index contributed by atoms with van der Waals surface area (Å²) in [6.07, 6.45) is 3.44. The molecule has 3 aromatic heterocycles. The van der Waals surface area contributed by atoms with E-state index in [9.17, 15) is 27.5 Å². The number of nitrogens with zero attached hydrogens (tertiary/aromatic N) is 3. The number of thiophene rings is 1. The molecule has 0 saturated carbocycles. The van der Waals surface area contributed by atoms with Crippen molar-refractivity contribution in [1.29, 1.82) is 0 Å². The number of aromatic nitrogens is 2. The standard InChI is InChI=1S/C23H21FN6O5S2/c24-18-6-8-21(36-18)37(34,35)28-23(33)26-16-4-7-19(25-13-16)30-20(31)12-14-11-15(3-5-17(14)22(30)32)27-29-9-1-2-10-29/h3-8,11-13,27,32H,1-2,9-10H2,(H2,26,28,33). The molecule has 4 N–H and O–H groups in total. The second-order valence-corrected chi connectivity index (χ2v) is 11.2. The molecule has 0 aliphatic carbocycles. The molecule has 1 saturated heterocycles. The summed E-state index contributed by atoms with van der Waals surface area (Å²) in [4.78, 5) is 29.1. The van der Waals surface area contributed by atoms with Crippen LogP contribution in [0.25, 0.3) is 16.6 Å². The van der Waals surface area contributed by atoms with E-state index in [1.165, 1.54) is 24.4 Å². The molecule has 0 atom stereocenters. The van der Waals surface area contributed by atoms with Gasteiger partial charge in [0, 0.05) is 30.2 Å². The molecule has 4 heterocycles. The Morgan fingerprint density at radius 2 is 1.81 bits per heavy atom. The smallest absolute Gasteiger partial charge is 0.333 e. The van der Waals surface area contributed by atoms with Crippen LogP contribution in [0.15, 0.2) is 63.7 Å². The Hall–Kier alpha value is -4.01. The van der Waals surface area contributed by atoms with E-state index in [1.807, 2.05) is 6.07 Å². The average Bonchev–Trinajstić information content (AvgIpc) is 3.52. The lowest BCUT2D eigenvalue weighted by molar-refractivity contribution is 0.256. The van der Waals surface area contributed by atoms with Gasteiger partial charge in [-0.15, -0.1) is 0 Å². The number of sulfonamides is 1. The summed E-state index contributed by atoms with van der Waals surface area (Å²) in [5, 5.41) is 15.5. The normalized spacial score (nSPS) is 14.1. The number of hydrogen-bond donors (Lipinski definition) is 4. The maximum absolute atomic E-state index is 13.1. The highest BCUT2D eigenvalue weighted by atomic mass is 32.2. The number of hydrogen-bond acceptors (Lipinski definition) is 9. The van der Waals surface area contributed by atoms with Crippen molar-refractivity contribution in [3.63, 3.8) is 0 Å². The van der Waals surface area contributed by atoms with Gasteiger partial charge in [0.15, 0.2) is 5.13 Å². The van der Waals surface area contributed by atoms with Gasteiger partial charge in [0.1, 0.15) is 10.0 Å². The molecule has 0 spiro atoms. The molecule has 5 rings (SSSR count). The summed E-state index contributed by atoms with van der Waals surface area (Å²) in [5.74, 6) is -0.202. The third kappa shape index (κ3) is 5.26. The molecule has 0 radical (unpaired) electrons. The quantitative estimate of drug-likeness (QED) is 0.290. The van der Waals surface area contributed by atoms with Gasteiger partial charge in [-0.25, -0.2) is 32.5 Å². The number of hydrazine groups is 1. The lowest BCUT2D eigenvalue weighted by Gasteiger charge is -2.18. The van der Waals surface area contributed by atoms with Gasteiger partial charge in [-0.2, -0.15) is 4.39 Å². The molecule has 14 heteroatoms. The maximum atomic E-state index is 13.1. The van der Waals surface area contributed by atoms with Gasteiger partial charge >= 0.3 is 6.03 Å². The van der Waals surface area contributed by atoms with Crippen LogP contribution in [-0.4, -0.2) is 47.2 Å². The molecular formula is C23H21FN6O5S2. The summed E-state index contributed by atoms with van der Waals surface area (Å²) in [7, 11) is -4.24. The zero-order valence-electron chi connectivity index (χ0n) is 19.1. The van der Waals surface area contributed by atoms with Crippen LogP contribution in [0.5, 0.6) is 5.88 Å². The van der Waals surface area contributed by atoms with E-state index < -0.39 is 26.7 Å². The number of pyridine rings is 2. The summed E-state index contributed by atoms with van der Waals surface area (Å²) < 4.78 is 39.9. The first-order chi connectivity index (χ1) is 17.7. The van der Waals surface area contributed by atoms with Crippen LogP contribution in [0.3, 0.4) is 0 Å². The first kappa shape index (κ1) is 24.7. The van der Waals surface area contributed by atoms with E-state index in [-0.39, 0.29) is 21.6 Å². The monoisotopic (exact) mass is 544 g/mol. The second-order valence-electron chi connectivity index (χ2n) is 8.27. The van der Waals surface area contributed by atoms with Gasteiger partial charge < -0.3 is 15.8 Å². The fraction of sp³-hybridized carbons (Fsp3) is 0.174. The molecule has 2 amide bonds. The highest BCUT2D eigenvalue weighted by Gasteiger charge is 2.20. The zero-order chi connectivity index (χ0) is 26.2. The van der Waals surface area contributed by atoms with Crippen molar-refractivity contribution in [2.24, 2.45) is 0 Å². The van der Waals surface area contributed by atoms with Gasteiger partial charge in [0.25, 0.3) is 15.6 Å². The molecule has 1 aromatic carbocycles. The fourth-order valence-corrected chi connectivity index (χ4v) is 5.88. The van der Waals surface area contributed by atoms with Gasteiger partial charge in [-0.1, -0.05) is 11.3 Å². The predicted molar refractivity (Wildman–Crippen MR) is 137 cm³/mol. The highest BCUT2D eigenvalue weighted by molar-refractivity contribution is 7.92. The van der Waals surface area contributed by atoms with E-state index in [1.54, 1.807) is 16.9 Å². The van der Waals surface area contributed by atoms with Crippen LogP contribution in [0.1, 0.15) is 12.8 Å². The van der Waals surface area contributed by atoms with Crippen LogP contribution in [-0.2, 0) is 10.0 Å². The fourth-order valence-electron chi connectivity index (χ4n) is 3.97. The van der Waals surface area contributed by atoms with Crippen molar-refractivity contribution >= 4 is 49.5 Å². The number of amides is 2. The number of carbonyl (C=O) groups is 1. The Balaban J connectivity index is 1.33. The number of aromatic hydroxyl groups is 1. The minimum absolute atomic E-state index is 0.0938. The lowest BCUT2D eigenvalue weighted by atomic mass is 10.1. The second kappa shape index (κ2) is 9.80. The van der Waals surface area contributed by atoms with Crippen LogP contribution in [0, 0.1) is 5.13 Å². The third-order valence-corrected chi connectivity index (χ3v) is 8.37.